The Hall–Kier alpha value is -0.930. The molecule has 0 saturated carbocycles. The molecule has 1 aliphatic heterocycles. The summed E-state index contributed by atoms with van der Waals surface area (Å²) in [5.74, 6) is 0. The van der Waals surface area contributed by atoms with Gasteiger partial charge in [0.15, 0.2) is 0 Å². The van der Waals surface area contributed by atoms with Crippen LogP contribution in [0, 0.1) is 6.92 Å². The van der Waals surface area contributed by atoms with Crippen molar-refractivity contribution >= 4 is 0 Å². The van der Waals surface area contributed by atoms with Gasteiger partial charge < -0.3 is 5.73 Å². The number of nitrogens with two attached hydrogens (primary N) is 1. The second-order valence-electron chi connectivity index (χ2n) is 4.79. The number of aromatic nitrogens is 1. The van der Waals surface area contributed by atoms with Gasteiger partial charge in [-0.25, -0.2) is 0 Å². The third kappa shape index (κ3) is 4.84. The maximum absolute atomic E-state index is 5.86. The van der Waals surface area contributed by atoms with E-state index in [0.29, 0.717) is 6.04 Å². The molecule has 0 aliphatic carbocycles. The van der Waals surface area contributed by atoms with Crippen molar-refractivity contribution < 1.29 is 0 Å². The molecule has 2 heterocycles. The third-order valence-corrected chi connectivity index (χ3v) is 2.85. The summed E-state index contributed by atoms with van der Waals surface area (Å²) < 4.78 is 0. The molecule has 2 rings (SSSR count). The van der Waals surface area contributed by atoms with Crippen LogP contribution in [-0.4, -0.2) is 29.0 Å². The second kappa shape index (κ2) is 7.41. The van der Waals surface area contributed by atoms with E-state index in [9.17, 15) is 0 Å². The van der Waals surface area contributed by atoms with Crippen LogP contribution in [0.3, 0.4) is 0 Å². The van der Waals surface area contributed by atoms with Gasteiger partial charge in [0.1, 0.15) is 0 Å². The molecule has 3 nitrogen and oxygen atoms in total. The van der Waals surface area contributed by atoms with Crippen molar-refractivity contribution in [2.24, 2.45) is 5.73 Å². The Morgan fingerprint density at radius 2 is 2.18 bits per heavy atom. The summed E-state index contributed by atoms with van der Waals surface area (Å²) in [4.78, 5) is 6.55. The first-order valence-electron chi connectivity index (χ1n) is 6.54. The smallest absolute Gasteiger partial charge is 0.0315 e. The standard InChI is InChI=1S/C11H17N3.C3H8/c1-9-2-4-13-6-10(9)7-14-5-3-11(12)8-14;1-3-2/h2,4,6,11H,3,5,7-8,12H2,1H3;3H2,1-2H3. The molecule has 0 aromatic carbocycles. The highest BCUT2D eigenvalue weighted by atomic mass is 15.2. The van der Waals surface area contributed by atoms with Crippen LogP contribution in [0.1, 0.15) is 37.8 Å². The molecule has 1 saturated heterocycles. The highest BCUT2D eigenvalue weighted by Gasteiger charge is 2.19. The van der Waals surface area contributed by atoms with E-state index in [0.717, 1.165) is 26.1 Å². The first-order valence-corrected chi connectivity index (χ1v) is 6.54. The zero-order valence-electron chi connectivity index (χ0n) is 11.3. The Morgan fingerprint density at radius 1 is 1.47 bits per heavy atom. The zero-order chi connectivity index (χ0) is 12.7. The predicted octanol–water partition coefficient (Wildman–Crippen LogP) is 2.34. The van der Waals surface area contributed by atoms with Gasteiger partial charge in [-0.3, -0.25) is 9.88 Å². The van der Waals surface area contributed by atoms with E-state index in [1.807, 2.05) is 12.4 Å². The maximum Gasteiger partial charge on any atom is 0.0315 e. The summed E-state index contributed by atoms with van der Waals surface area (Å²) in [7, 11) is 0. The van der Waals surface area contributed by atoms with Crippen LogP contribution in [0.5, 0.6) is 0 Å². The number of pyridine rings is 1. The van der Waals surface area contributed by atoms with E-state index < -0.39 is 0 Å². The van der Waals surface area contributed by atoms with E-state index in [2.05, 4.69) is 36.7 Å². The quantitative estimate of drug-likeness (QED) is 0.855. The molecule has 1 aliphatic rings. The number of likely N-dealkylation sites (tertiary alicyclic amines) is 1. The molecule has 1 fully saturated rings. The topological polar surface area (TPSA) is 42.2 Å². The normalized spacial score (nSPS) is 19.9. The van der Waals surface area contributed by atoms with Crippen LogP contribution in [-0.2, 0) is 6.54 Å². The molecule has 1 aromatic heterocycles. The van der Waals surface area contributed by atoms with Crippen molar-refractivity contribution in [1.29, 1.82) is 0 Å². The Labute approximate surface area is 105 Å². The van der Waals surface area contributed by atoms with Crippen molar-refractivity contribution in [2.45, 2.75) is 46.2 Å². The first-order chi connectivity index (χ1) is 8.17. The monoisotopic (exact) mass is 235 g/mol. The Balaban J connectivity index is 0.000000437. The molecule has 17 heavy (non-hydrogen) atoms. The van der Waals surface area contributed by atoms with E-state index in [4.69, 9.17) is 5.73 Å². The fraction of sp³-hybridized carbons (Fsp3) is 0.643. The van der Waals surface area contributed by atoms with Gasteiger partial charge in [-0.1, -0.05) is 20.3 Å². The molecule has 2 N–H and O–H groups in total. The van der Waals surface area contributed by atoms with Crippen molar-refractivity contribution in [3.63, 3.8) is 0 Å². The molecule has 1 atom stereocenters. The molecular weight excluding hydrogens is 210 g/mol. The summed E-state index contributed by atoms with van der Waals surface area (Å²) in [5.41, 5.74) is 8.50. The summed E-state index contributed by atoms with van der Waals surface area (Å²) in [5, 5.41) is 0. The summed E-state index contributed by atoms with van der Waals surface area (Å²) >= 11 is 0. The first kappa shape index (κ1) is 14.1. The minimum absolute atomic E-state index is 0.368. The minimum Gasteiger partial charge on any atom is -0.326 e. The lowest BCUT2D eigenvalue weighted by molar-refractivity contribution is 0.326. The lowest BCUT2D eigenvalue weighted by atomic mass is 10.1. The Morgan fingerprint density at radius 3 is 2.71 bits per heavy atom. The molecule has 3 heteroatoms. The van der Waals surface area contributed by atoms with Gasteiger partial charge in [-0.05, 0) is 30.5 Å². The van der Waals surface area contributed by atoms with E-state index >= 15 is 0 Å². The third-order valence-electron chi connectivity index (χ3n) is 2.85. The van der Waals surface area contributed by atoms with Crippen molar-refractivity contribution in [1.82, 2.24) is 9.88 Å². The molecule has 0 spiro atoms. The average Bonchev–Trinajstić information content (AvgIpc) is 2.69. The van der Waals surface area contributed by atoms with Gasteiger partial charge in [0.25, 0.3) is 0 Å². The van der Waals surface area contributed by atoms with Gasteiger partial charge in [0.05, 0.1) is 0 Å². The van der Waals surface area contributed by atoms with Gasteiger partial charge in [-0.2, -0.15) is 0 Å². The van der Waals surface area contributed by atoms with Crippen LogP contribution in [0.4, 0.5) is 0 Å². The number of hydrogen-bond acceptors (Lipinski definition) is 3. The summed E-state index contributed by atoms with van der Waals surface area (Å²) in [6.45, 7) is 9.52. The fourth-order valence-electron chi connectivity index (χ4n) is 1.91. The van der Waals surface area contributed by atoms with Gasteiger partial charge in [0.2, 0.25) is 0 Å². The van der Waals surface area contributed by atoms with Gasteiger partial charge in [-0.15, -0.1) is 0 Å². The van der Waals surface area contributed by atoms with Gasteiger partial charge in [0, 0.05) is 38.1 Å². The summed E-state index contributed by atoms with van der Waals surface area (Å²) in [6, 6.07) is 2.43. The molecular formula is C14H25N3. The van der Waals surface area contributed by atoms with Crippen molar-refractivity contribution in [3.05, 3.63) is 29.6 Å². The predicted molar refractivity (Wildman–Crippen MR) is 72.8 cm³/mol. The number of nitrogens with zero attached hydrogens (tertiary/aromatic N) is 2. The van der Waals surface area contributed by atoms with Gasteiger partial charge >= 0.3 is 0 Å². The van der Waals surface area contributed by atoms with Crippen LogP contribution in [0.15, 0.2) is 18.5 Å². The number of hydrogen-bond donors (Lipinski definition) is 1. The van der Waals surface area contributed by atoms with E-state index in [1.165, 1.54) is 17.5 Å². The molecule has 1 aromatic rings. The highest BCUT2D eigenvalue weighted by Crippen LogP contribution is 2.13. The van der Waals surface area contributed by atoms with Crippen LogP contribution < -0.4 is 5.73 Å². The number of aryl methyl sites for hydroxylation is 1. The molecule has 0 bridgehead atoms. The highest BCUT2D eigenvalue weighted by molar-refractivity contribution is 5.21. The van der Waals surface area contributed by atoms with E-state index in [1.54, 1.807) is 0 Å². The fourth-order valence-corrected chi connectivity index (χ4v) is 1.91. The molecule has 1 unspecified atom stereocenters. The minimum atomic E-state index is 0.368. The molecule has 0 amide bonds. The largest absolute Gasteiger partial charge is 0.326 e. The molecule has 96 valence electrons. The Bertz CT molecular complexity index is 325. The summed E-state index contributed by atoms with van der Waals surface area (Å²) in [6.07, 6.45) is 6.17. The lowest BCUT2D eigenvalue weighted by Gasteiger charge is -2.16. The Kier molecular flexibility index (Phi) is 6.16. The zero-order valence-corrected chi connectivity index (χ0v) is 11.3. The number of rotatable bonds is 2. The second-order valence-corrected chi connectivity index (χ2v) is 4.79. The van der Waals surface area contributed by atoms with Crippen LogP contribution in [0.25, 0.3) is 0 Å². The van der Waals surface area contributed by atoms with Crippen LogP contribution >= 0.6 is 0 Å². The van der Waals surface area contributed by atoms with Crippen molar-refractivity contribution in [2.75, 3.05) is 13.1 Å². The average molecular weight is 235 g/mol. The maximum atomic E-state index is 5.86. The lowest BCUT2D eigenvalue weighted by Crippen LogP contribution is -2.26. The van der Waals surface area contributed by atoms with Crippen LogP contribution in [0.2, 0.25) is 0 Å². The van der Waals surface area contributed by atoms with Crippen molar-refractivity contribution in [3.8, 4) is 0 Å². The molecule has 0 radical (unpaired) electrons. The SMILES string of the molecule is CCC.Cc1ccncc1CN1CCC(N)C1. The van der Waals surface area contributed by atoms with E-state index in [-0.39, 0.29) is 0 Å².